The van der Waals surface area contributed by atoms with Crippen LogP contribution in [-0.2, 0) is 0 Å². The van der Waals surface area contributed by atoms with Gasteiger partial charge in [-0.1, -0.05) is 30.3 Å². The first-order valence-electron chi connectivity index (χ1n) is 5.99. The molecule has 0 aliphatic heterocycles. The third-order valence-electron chi connectivity index (χ3n) is 2.57. The van der Waals surface area contributed by atoms with Gasteiger partial charge in [-0.2, -0.15) is 31.0 Å². The smallest absolute Gasteiger partial charge is 0.239 e. The molecule has 1 aromatic heterocycles. The highest BCUT2D eigenvalue weighted by Crippen LogP contribution is 2.20. The highest BCUT2D eigenvalue weighted by Gasteiger charge is 2.16. The van der Waals surface area contributed by atoms with Crippen molar-refractivity contribution in [1.82, 2.24) is 15.2 Å². The van der Waals surface area contributed by atoms with Gasteiger partial charge in [-0.05, 0) is 5.56 Å². The zero-order chi connectivity index (χ0) is 15.8. The molecular weight excluding hydrogens is 280 g/mol. The van der Waals surface area contributed by atoms with E-state index >= 15 is 0 Å². The lowest BCUT2D eigenvalue weighted by molar-refractivity contribution is 1.08. The van der Waals surface area contributed by atoms with E-state index in [4.69, 9.17) is 10.5 Å². The summed E-state index contributed by atoms with van der Waals surface area (Å²) in [5, 5.41) is 37.6. The second-order valence-corrected chi connectivity index (χ2v) is 3.86. The third-order valence-corrected chi connectivity index (χ3v) is 2.57. The Hall–Kier alpha value is -3.96. The molecule has 8 nitrogen and oxygen atoms in total. The third kappa shape index (κ3) is 3.13. The number of nitriles is 3. The minimum atomic E-state index is -0.203. The fraction of sp³-hybridized carbons (Fsp3) is 0. The van der Waals surface area contributed by atoms with Gasteiger partial charge in [0.25, 0.3) is 0 Å². The number of H-pyrrole nitrogens is 1. The van der Waals surface area contributed by atoms with Crippen LogP contribution in [0.15, 0.2) is 47.3 Å². The van der Waals surface area contributed by atoms with Gasteiger partial charge in [0.2, 0.25) is 5.95 Å². The molecular formula is C14H8N8. The monoisotopic (exact) mass is 288 g/mol. The van der Waals surface area contributed by atoms with Crippen molar-refractivity contribution in [1.29, 1.82) is 15.8 Å². The number of allylic oxidation sites excluding steroid dienone is 2. The summed E-state index contributed by atoms with van der Waals surface area (Å²) in [6.45, 7) is 0. The van der Waals surface area contributed by atoms with E-state index in [2.05, 4.69) is 25.7 Å². The first kappa shape index (κ1) is 14.4. The van der Waals surface area contributed by atoms with Gasteiger partial charge in [-0.15, -0.1) is 0 Å². The maximum Gasteiger partial charge on any atom is 0.239 e. The average molecular weight is 288 g/mol. The van der Waals surface area contributed by atoms with E-state index in [-0.39, 0.29) is 22.8 Å². The molecule has 2 aromatic rings. The molecule has 2 rings (SSSR count). The molecule has 0 bridgehead atoms. The fourth-order valence-corrected chi connectivity index (χ4v) is 1.65. The Bertz CT molecular complexity index is 810. The number of nitrogens with one attached hydrogen (secondary N) is 2. The Morgan fingerprint density at radius 3 is 2.36 bits per heavy atom. The Kier molecular flexibility index (Phi) is 4.59. The minimum Gasteiger partial charge on any atom is -0.244 e. The van der Waals surface area contributed by atoms with Gasteiger partial charge in [0, 0.05) is 5.57 Å². The first-order chi connectivity index (χ1) is 10.8. The molecule has 0 saturated carbocycles. The fourth-order valence-electron chi connectivity index (χ4n) is 1.65. The second-order valence-electron chi connectivity index (χ2n) is 3.86. The van der Waals surface area contributed by atoms with Gasteiger partial charge in [0.15, 0.2) is 5.71 Å². The van der Waals surface area contributed by atoms with Crippen molar-refractivity contribution in [2.75, 3.05) is 5.43 Å². The predicted molar refractivity (Wildman–Crippen MR) is 77.6 cm³/mol. The maximum atomic E-state index is 9.31. The Morgan fingerprint density at radius 2 is 1.82 bits per heavy atom. The topological polar surface area (TPSA) is 137 Å². The highest BCUT2D eigenvalue weighted by molar-refractivity contribution is 6.33. The zero-order valence-electron chi connectivity index (χ0n) is 11.1. The molecule has 1 heterocycles. The van der Waals surface area contributed by atoms with E-state index < -0.39 is 0 Å². The quantitative estimate of drug-likeness (QED) is 0.498. The Labute approximate surface area is 125 Å². The van der Waals surface area contributed by atoms with Crippen LogP contribution in [0.1, 0.15) is 5.56 Å². The average Bonchev–Trinajstić information content (AvgIpc) is 3.09. The van der Waals surface area contributed by atoms with Crippen LogP contribution in [0, 0.1) is 34.0 Å². The van der Waals surface area contributed by atoms with Gasteiger partial charge in [-0.25, -0.2) is 10.5 Å². The van der Waals surface area contributed by atoms with Gasteiger partial charge in [-0.3, -0.25) is 0 Å². The van der Waals surface area contributed by atoms with Gasteiger partial charge < -0.3 is 0 Å². The van der Waals surface area contributed by atoms with E-state index in [1.54, 1.807) is 42.5 Å². The SMILES string of the molecule is N#CC(C#N)=C(/C(C#N)=N/Nc1ncn[nH]1)c1ccccc1. The van der Waals surface area contributed by atoms with Gasteiger partial charge in [0.1, 0.15) is 30.1 Å². The van der Waals surface area contributed by atoms with E-state index in [0.29, 0.717) is 5.56 Å². The molecule has 0 amide bonds. The van der Waals surface area contributed by atoms with Crippen LogP contribution in [0.25, 0.3) is 5.57 Å². The van der Waals surface area contributed by atoms with Crippen LogP contribution in [0.3, 0.4) is 0 Å². The summed E-state index contributed by atoms with van der Waals surface area (Å²) in [5.41, 5.74) is 2.89. The molecule has 0 saturated heterocycles. The summed E-state index contributed by atoms with van der Waals surface area (Å²) in [6, 6.07) is 14.1. The first-order valence-corrected chi connectivity index (χ1v) is 5.99. The summed E-state index contributed by atoms with van der Waals surface area (Å²) >= 11 is 0. The summed E-state index contributed by atoms with van der Waals surface area (Å²) in [4.78, 5) is 3.80. The molecule has 0 fully saturated rings. The molecule has 0 unspecified atom stereocenters. The van der Waals surface area contributed by atoms with Crippen molar-refractivity contribution in [3.63, 3.8) is 0 Å². The lowest BCUT2D eigenvalue weighted by atomic mass is 9.97. The summed E-state index contributed by atoms with van der Waals surface area (Å²) in [5.74, 6) is 0.232. The minimum absolute atomic E-state index is 0.110. The molecule has 0 aliphatic rings. The summed E-state index contributed by atoms with van der Waals surface area (Å²) in [7, 11) is 0. The molecule has 22 heavy (non-hydrogen) atoms. The Morgan fingerprint density at radius 1 is 1.09 bits per heavy atom. The van der Waals surface area contributed by atoms with Crippen molar-refractivity contribution in [3.05, 3.63) is 47.8 Å². The number of anilines is 1. The number of hydrogen-bond acceptors (Lipinski definition) is 7. The van der Waals surface area contributed by atoms with E-state index in [0.717, 1.165) is 0 Å². The van der Waals surface area contributed by atoms with Crippen LogP contribution in [0.2, 0.25) is 0 Å². The lowest BCUT2D eigenvalue weighted by Gasteiger charge is -2.05. The predicted octanol–water partition coefficient (Wildman–Crippen LogP) is 1.60. The molecule has 0 spiro atoms. The maximum absolute atomic E-state index is 9.31. The summed E-state index contributed by atoms with van der Waals surface area (Å²) in [6.07, 6.45) is 1.27. The molecule has 2 N–H and O–H groups in total. The number of rotatable bonds is 4. The van der Waals surface area contributed by atoms with Gasteiger partial charge >= 0.3 is 0 Å². The number of hydrogen-bond donors (Lipinski definition) is 2. The zero-order valence-corrected chi connectivity index (χ0v) is 11.1. The van der Waals surface area contributed by atoms with Crippen molar-refractivity contribution < 1.29 is 0 Å². The number of benzene rings is 1. The molecule has 8 heteroatoms. The van der Waals surface area contributed by atoms with Crippen LogP contribution < -0.4 is 5.43 Å². The van der Waals surface area contributed by atoms with Crippen LogP contribution in [0.5, 0.6) is 0 Å². The number of aromatic nitrogens is 3. The number of aromatic amines is 1. The highest BCUT2D eigenvalue weighted by atomic mass is 15.4. The molecule has 104 valence electrons. The largest absolute Gasteiger partial charge is 0.244 e. The standard InChI is InChI=1S/C14H8N8/c15-6-11(7-16)13(10-4-2-1-3-5-10)12(8-17)20-22-14-18-9-19-21-14/h1-5,9H,(H2,18,19,21,22)/b20-12+. The van der Waals surface area contributed by atoms with Crippen LogP contribution in [0.4, 0.5) is 5.95 Å². The van der Waals surface area contributed by atoms with Crippen LogP contribution >= 0.6 is 0 Å². The second kappa shape index (κ2) is 6.99. The Balaban J connectivity index is 2.52. The van der Waals surface area contributed by atoms with E-state index in [9.17, 15) is 5.26 Å². The van der Waals surface area contributed by atoms with Gasteiger partial charge in [0.05, 0.1) is 0 Å². The van der Waals surface area contributed by atoms with Crippen molar-refractivity contribution in [2.45, 2.75) is 0 Å². The number of nitrogens with zero attached hydrogens (tertiary/aromatic N) is 6. The van der Waals surface area contributed by atoms with Crippen molar-refractivity contribution in [3.8, 4) is 18.2 Å². The number of hydrazone groups is 1. The molecule has 1 aromatic carbocycles. The van der Waals surface area contributed by atoms with E-state index in [1.807, 2.05) is 6.07 Å². The van der Waals surface area contributed by atoms with Crippen LogP contribution in [-0.4, -0.2) is 20.9 Å². The molecule has 0 radical (unpaired) electrons. The lowest BCUT2D eigenvalue weighted by Crippen LogP contribution is -2.06. The van der Waals surface area contributed by atoms with Crippen molar-refractivity contribution in [2.24, 2.45) is 5.10 Å². The summed E-state index contributed by atoms with van der Waals surface area (Å²) < 4.78 is 0. The molecule has 0 aliphatic carbocycles. The normalized spacial score (nSPS) is 9.95. The van der Waals surface area contributed by atoms with E-state index in [1.165, 1.54) is 6.33 Å². The molecule has 0 atom stereocenters. The van der Waals surface area contributed by atoms with Crippen molar-refractivity contribution >= 4 is 17.2 Å².